The van der Waals surface area contributed by atoms with Gasteiger partial charge in [0.1, 0.15) is 5.75 Å². The molecule has 1 amide bonds. The normalized spacial score (nSPS) is 12.4. The Labute approximate surface area is 226 Å². The van der Waals surface area contributed by atoms with Crippen LogP contribution < -0.4 is 16.2 Å². The third kappa shape index (κ3) is 7.01. The number of rotatable bonds is 10. The molecule has 0 spiro atoms. The molecule has 1 heterocycles. The number of halogens is 1. The average molecular weight is 534 g/mol. The first-order valence-electron chi connectivity index (χ1n) is 12.5. The zero-order valence-electron chi connectivity index (χ0n) is 21.4. The van der Waals surface area contributed by atoms with Crippen molar-refractivity contribution >= 4 is 28.4 Å². The summed E-state index contributed by atoms with van der Waals surface area (Å²) in [4.78, 5) is 27.0. The first kappa shape index (κ1) is 27.4. The van der Waals surface area contributed by atoms with Crippen LogP contribution in [0.2, 0.25) is 5.02 Å². The SMILES string of the molecule is CC(C)(Cc1cccc(C(=O)NCCc2ccc(Cl)cc2)c1)NC[C@H](O)c1ccc(O)c2[nH]c(=O)ccc12. The number of fused-ring (bicyclic) bond motifs is 1. The minimum atomic E-state index is -0.860. The van der Waals surface area contributed by atoms with Crippen LogP contribution in [0.4, 0.5) is 0 Å². The quantitative estimate of drug-likeness (QED) is 0.206. The van der Waals surface area contributed by atoms with Crippen LogP contribution in [-0.4, -0.2) is 39.7 Å². The Hall–Kier alpha value is -3.65. The highest BCUT2D eigenvalue weighted by Gasteiger charge is 2.22. The lowest BCUT2D eigenvalue weighted by molar-refractivity contribution is 0.0954. The van der Waals surface area contributed by atoms with Gasteiger partial charge in [-0.2, -0.15) is 0 Å². The predicted octanol–water partition coefficient (Wildman–Crippen LogP) is 4.50. The maximum Gasteiger partial charge on any atom is 0.251 e. The Morgan fingerprint density at radius 1 is 1.03 bits per heavy atom. The molecule has 3 aromatic carbocycles. The van der Waals surface area contributed by atoms with E-state index in [1.807, 2.05) is 56.3 Å². The number of aliphatic hydroxyl groups excluding tert-OH is 1. The molecule has 0 aliphatic heterocycles. The van der Waals surface area contributed by atoms with Crippen LogP contribution in [0.15, 0.2) is 77.6 Å². The van der Waals surface area contributed by atoms with Crippen molar-refractivity contribution in [2.75, 3.05) is 13.1 Å². The highest BCUT2D eigenvalue weighted by Crippen LogP contribution is 2.29. The largest absolute Gasteiger partial charge is 0.506 e. The van der Waals surface area contributed by atoms with Crippen molar-refractivity contribution in [2.24, 2.45) is 0 Å². The maximum absolute atomic E-state index is 12.7. The number of hydrogen-bond acceptors (Lipinski definition) is 5. The van der Waals surface area contributed by atoms with Crippen LogP contribution in [0.1, 0.15) is 47.0 Å². The zero-order chi connectivity index (χ0) is 27.3. The number of aromatic nitrogens is 1. The van der Waals surface area contributed by atoms with Gasteiger partial charge in [0.05, 0.1) is 11.6 Å². The fourth-order valence-corrected chi connectivity index (χ4v) is 4.63. The number of amides is 1. The van der Waals surface area contributed by atoms with Crippen LogP contribution in [-0.2, 0) is 12.8 Å². The molecule has 4 rings (SSSR count). The van der Waals surface area contributed by atoms with E-state index in [0.29, 0.717) is 46.4 Å². The van der Waals surface area contributed by atoms with E-state index in [0.717, 1.165) is 11.1 Å². The summed E-state index contributed by atoms with van der Waals surface area (Å²) in [5.74, 6) is -0.171. The number of aromatic hydroxyl groups is 1. The minimum absolute atomic E-state index is 0.0455. The van der Waals surface area contributed by atoms with E-state index in [2.05, 4.69) is 15.6 Å². The van der Waals surface area contributed by atoms with Crippen molar-refractivity contribution in [3.63, 3.8) is 0 Å². The number of carbonyl (C=O) groups is 1. The number of benzene rings is 3. The van der Waals surface area contributed by atoms with Crippen molar-refractivity contribution in [2.45, 2.75) is 38.3 Å². The summed E-state index contributed by atoms with van der Waals surface area (Å²) in [7, 11) is 0. The van der Waals surface area contributed by atoms with E-state index in [1.165, 1.54) is 12.1 Å². The van der Waals surface area contributed by atoms with Crippen molar-refractivity contribution in [3.8, 4) is 5.75 Å². The molecular formula is C30H32ClN3O4. The topological polar surface area (TPSA) is 114 Å². The van der Waals surface area contributed by atoms with Crippen molar-refractivity contribution in [3.05, 3.63) is 110 Å². The number of phenols is 1. The van der Waals surface area contributed by atoms with Crippen LogP contribution in [0.5, 0.6) is 5.75 Å². The number of pyridine rings is 1. The Morgan fingerprint density at radius 2 is 1.79 bits per heavy atom. The number of H-pyrrole nitrogens is 1. The number of aromatic amines is 1. The Bertz CT molecular complexity index is 1480. The molecule has 0 aliphatic carbocycles. The summed E-state index contributed by atoms with van der Waals surface area (Å²) in [6.45, 7) is 4.85. The zero-order valence-corrected chi connectivity index (χ0v) is 22.2. The summed E-state index contributed by atoms with van der Waals surface area (Å²) >= 11 is 5.93. The molecule has 1 atom stereocenters. The molecule has 0 saturated carbocycles. The molecule has 0 aliphatic rings. The van der Waals surface area contributed by atoms with Crippen molar-refractivity contribution in [1.29, 1.82) is 0 Å². The Balaban J connectivity index is 1.35. The van der Waals surface area contributed by atoms with Gasteiger partial charge in [0, 0.05) is 40.7 Å². The molecule has 1 aromatic heterocycles. The van der Waals surface area contributed by atoms with Crippen LogP contribution >= 0.6 is 11.6 Å². The molecular weight excluding hydrogens is 502 g/mol. The van der Waals surface area contributed by atoms with Crippen molar-refractivity contribution < 1.29 is 15.0 Å². The summed E-state index contributed by atoms with van der Waals surface area (Å²) in [6, 6.07) is 21.2. The Morgan fingerprint density at radius 3 is 2.55 bits per heavy atom. The van der Waals surface area contributed by atoms with Gasteiger partial charge in [-0.3, -0.25) is 9.59 Å². The van der Waals surface area contributed by atoms with Crippen LogP contribution in [0.3, 0.4) is 0 Å². The fraction of sp³-hybridized carbons (Fsp3) is 0.267. The fourth-order valence-electron chi connectivity index (χ4n) is 4.50. The third-order valence-corrected chi connectivity index (χ3v) is 6.74. The molecule has 38 heavy (non-hydrogen) atoms. The summed E-state index contributed by atoms with van der Waals surface area (Å²) in [5, 5.41) is 28.7. The number of hydrogen-bond donors (Lipinski definition) is 5. The van der Waals surface area contributed by atoms with E-state index >= 15 is 0 Å². The van der Waals surface area contributed by atoms with Gasteiger partial charge in [-0.15, -0.1) is 0 Å². The van der Waals surface area contributed by atoms with E-state index in [4.69, 9.17) is 11.6 Å². The van der Waals surface area contributed by atoms with Gasteiger partial charge in [-0.25, -0.2) is 0 Å². The second-order valence-electron chi connectivity index (χ2n) is 10.1. The highest BCUT2D eigenvalue weighted by atomic mass is 35.5. The number of carbonyl (C=O) groups excluding carboxylic acids is 1. The van der Waals surface area contributed by atoms with Crippen LogP contribution in [0.25, 0.3) is 10.9 Å². The highest BCUT2D eigenvalue weighted by molar-refractivity contribution is 6.30. The first-order chi connectivity index (χ1) is 18.1. The van der Waals surface area contributed by atoms with Gasteiger partial charge in [0.15, 0.2) is 0 Å². The van der Waals surface area contributed by atoms with E-state index in [-0.39, 0.29) is 29.3 Å². The molecule has 0 saturated heterocycles. The molecule has 0 unspecified atom stereocenters. The number of nitrogens with one attached hydrogen (secondary N) is 3. The second-order valence-corrected chi connectivity index (χ2v) is 10.5. The molecule has 7 nitrogen and oxygen atoms in total. The molecule has 4 aromatic rings. The summed E-state index contributed by atoms with van der Waals surface area (Å²) in [5.41, 5.74) is 2.90. The lowest BCUT2D eigenvalue weighted by Crippen LogP contribution is -2.43. The van der Waals surface area contributed by atoms with Gasteiger partial charge >= 0.3 is 0 Å². The molecule has 0 fully saturated rings. The second kappa shape index (κ2) is 11.8. The van der Waals surface area contributed by atoms with Gasteiger partial charge in [0.2, 0.25) is 5.56 Å². The lowest BCUT2D eigenvalue weighted by Gasteiger charge is -2.28. The van der Waals surface area contributed by atoms with E-state index in [9.17, 15) is 19.8 Å². The molecule has 0 radical (unpaired) electrons. The standard InChI is InChI=1S/C30H32ClN3O4/c1-30(2,33-18-26(36)23-10-12-25(35)28-24(23)11-13-27(37)34-28)17-20-4-3-5-21(16-20)29(38)32-15-14-19-6-8-22(31)9-7-19/h3-13,16,26,33,35-36H,14-15,17-18H2,1-2H3,(H,32,38)(H,34,37)/t26-/m0/s1. The number of β-amino-alcohol motifs (C(OH)–C–C–N with tert-alkyl or cyclic N) is 1. The number of aliphatic hydroxyl groups is 1. The van der Waals surface area contributed by atoms with Crippen LogP contribution in [0, 0.1) is 0 Å². The lowest BCUT2D eigenvalue weighted by atomic mass is 9.93. The van der Waals surface area contributed by atoms with Gasteiger partial charge in [0.25, 0.3) is 5.91 Å². The van der Waals surface area contributed by atoms with E-state index in [1.54, 1.807) is 18.2 Å². The average Bonchev–Trinajstić information content (AvgIpc) is 2.89. The summed E-state index contributed by atoms with van der Waals surface area (Å²) in [6.07, 6.45) is 0.491. The van der Waals surface area contributed by atoms with Crippen molar-refractivity contribution in [1.82, 2.24) is 15.6 Å². The molecule has 198 valence electrons. The minimum Gasteiger partial charge on any atom is -0.506 e. The molecule has 5 N–H and O–H groups in total. The van der Waals surface area contributed by atoms with Gasteiger partial charge < -0.3 is 25.8 Å². The maximum atomic E-state index is 12.7. The van der Waals surface area contributed by atoms with E-state index < -0.39 is 6.10 Å². The monoisotopic (exact) mass is 533 g/mol. The smallest absolute Gasteiger partial charge is 0.251 e. The predicted molar refractivity (Wildman–Crippen MR) is 151 cm³/mol. The van der Waals surface area contributed by atoms with Gasteiger partial charge in [-0.1, -0.05) is 41.9 Å². The third-order valence-electron chi connectivity index (χ3n) is 6.49. The van der Waals surface area contributed by atoms with Gasteiger partial charge in [-0.05, 0) is 79.8 Å². The Kier molecular flexibility index (Phi) is 8.52. The number of phenolic OH excluding ortho intramolecular Hbond substituents is 1. The molecule has 8 heteroatoms. The summed E-state index contributed by atoms with van der Waals surface area (Å²) < 4.78 is 0. The first-order valence-corrected chi connectivity index (χ1v) is 12.9. The molecule has 0 bridgehead atoms.